The second kappa shape index (κ2) is 12.8. The summed E-state index contributed by atoms with van der Waals surface area (Å²) in [5.74, 6) is -6.43. The van der Waals surface area contributed by atoms with Gasteiger partial charge in [0.25, 0.3) is 0 Å². The van der Waals surface area contributed by atoms with E-state index < -0.39 is 40.9 Å². The van der Waals surface area contributed by atoms with Gasteiger partial charge in [0.05, 0.1) is 12.0 Å². The lowest BCUT2D eigenvalue weighted by Crippen LogP contribution is -2.26. The molecule has 0 heterocycles. The van der Waals surface area contributed by atoms with Crippen LogP contribution in [0.25, 0.3) is 0 Å². The lowest BCUT2D eigenvalue weighted by Gasteiger charge is -2.30. The van der Waals surface area contributed by atoms with E-state index in [0.29, 0.717) is 43.4 Å². The number of hydrogen-bond donors (Lipinski definition) is 0. The van der Waals surface area contributed by atoms with Gasteiger partial charge in [-0.1, -0.05) is 24.8 Å². The summed E-state index contributed by atoms with van der Waals surface area (Å²) in [7, 11) is 0. The van der Waals surface area contributed by atoms with Crippen molar-refractivity contribution in [3.05, 3.63) is 71.3 Å². The Morgan fingerprint density at radius 3 is 1.89 bits per heavy atom. The molecule has 2 aromatic carbocycles. The molecule has 38 heavy (non-hydrogen) atoms. The summed E-state index contributed by atoms with van der Waals surface area (Å²) in [6.07, 6.45) is 6.46. The maximum Gasteiger partial charge on any atom is 0.314 e. The van der Waals surface area contributed by atoms with E-state index in [4.69, 9.17) is 14.2 Å². The van der Waals surface area contributed by atoms with Crippen molar-refractivity contribution in [1.29, 1.82) is 0 Å². The Morgan fingerprint density at radius 2 is 1.34 bits per heavy atom. The highest BCUT2D eigenvalue weighted by Crippen LogP contribution is 2.41. The van der Waals surface area contributed by atoms with Crippen molar-refractivity contribution in [2.45, 2.75) is 76.2 Å². The van der Waals surface area contributed by atoms with Gasteiger partial charge >= 0.3 is 5.97 Å². The fourth-order valence-electron chi connectivity index (χ4n) is 5.67. The Bertz CT molecular complexity index is 1140. The molecule has 0 spiro atoms. The summed E-state index contributed by atoms with van der Waals surface area (Å²) in [5, 5.41) is 0. The van der Waals surface area contributed by atoms with Crippen LogP contribution in [0.2, 0.25) is 0 Å². The van der Waals surface area contributed by atoms with Crippen molar-refractivity contribution in [3.8, 4) is 11.5 Å². The SMILES string of the molecule is C=CCOc1ccc(OC(=O)C2CCC(c3ccc(C4CCC(OCC)CC4)c(F)c3F)CC2)c(F)c1F. The van der Waals surface area contributed by atoms with E-state index in [9.17, 15) is 13.6 Å². The first-order valence-corrected chi connectivity index (χ1v) is 13.4. The highest BCUT2D eigenvalue weighted by molar-refractivity contribution is 5.75. The third-order valence-electron chi connectivity index (χ3n) is 7.74. The van der Waals surface area contributed by atoms with E-state index in [0.717, 1.165) is 31.7 Å². The molecule has 4 rings (SSSR count). The molecular weight excluding hydrogens is 500 g/mol. The van der Waals surface area contributed by atoms with Gasteiger partial charge < -0.3 is 14.2 Å². The molecule has 8 heteroatoms. The minimum absolute atomic E-state index is 0.00142. The molecule has 206 valence electrons. The molecule has 2 aromatic rings. The quantitative estimate of drug-likeness (QED) is 0.143. The van der Waals surface area contributed by atoms with Gasteiger partial charge in [0.2, 0.25) is 11.6 Å². The highest BCUT2D eigenvalue weighted by Gasteiger charge is 2.33. The molecule has 0 bridgehead atoms. The molecule has 2 saturated carbocycles. The molecule has 0 saturated heterocycles. The first kappa shape index (κ1) is 28.1. The van der Waals surface area contributed by atoms with Crippen molar-refractivity contribution in [2.24, 2.45) is 5.92 Å². The first-order chi connectivity index (χ1) is 18.3. The van der Waals surface area contributed by atoms with Crippen LogP contribution in [0.3, 0.4) is 0 Å². The van der Waals surface area contributed by atoms with Crippen LogP contribution in [0.1, 0.15) is 81.3 Å². The summed E-state index contributed by atoms with van der Waals surface area (Å²) in [4.78, 5) is 12.6. The average molecular weight is 535 g/mol. The Balaban J connectivity index is 1.35. The van der Waals surface area contributed by atoms with Gasteiger partial charge in [0.1, 0.15) is 6.61 Å². The number of ether oxygens (including phenoxy) is 3. The minimum atomic E-state index is -1.31. The summed E-state index contributed by atoms with van der Waals surface area (Å²) in [6, 6.07) is 5.72. The molecule has 0 unspecified atom stereocenters. The number of carbonyl (C=O) groups is 1. The van der Waals surface area contributed by atoms with Crippen LogP contribution in [0.15, 0.2) is 36.9 Å². The monoisotopic (exact) mass is 534 g/mol. The summed E-state index contributed by atoms with van der Waals surface area (Å²) < 4.78 is 74.6. The number of benzene rings is 2. The minimum Gasteiger partial charge on any atom is -0.486 e. The van der Waals surface area contributed by atoms with E-state index in [1.807, 2.05) is 6.92 Å². The predicted molar refractivity (Wildman–Crippen MR) is 135 cm³/mol. The lowest BCUT2D eigenvalue weighted by molar-refractivity contribution is -0.140. The topological polar surface area (TPSA) is 44.8 Å². The van der Waals surface area contributed by atoms with Crippen LogP contribution in [0, 0.1) is 29.2 Å². The van der Waals surface area contributed by atoms with Crippen molar-refractivity contribution in [3.63, 3.8) is 0 Å². The molecule has 2 aliphatic carbocycles. The maximum absolute atomic E-state index is 15.2. The molecular formula is C30H34F4O4. The number of hydrogen-bond acceptors (Lipinski definition) is 4. The number of rotatable bonds is 9. The van der Waals surface area contributed by atoms with E-state index in [1.54, 1.807) is 12.1 Å². The van der Waals surface area contributed by atoms with Crippen LogP contribution >= 0.6 is 0 Å². The van der Waals surface area contributed by atoms with E-state index in [2.05, 4.69) is 6.58 Å². The first-order valence-electron chi connectivity index (χ1n) is 13.4. The zero-order valence-electron chi connectivity index (χ0n) is 21.6. The van der Waals surface area contributed by atoms with Crippen molar-refractivity contribution in [1.82, 2.24) is 0 Å². The normalized spacial score (nSPS) is 23.6. The van der Waals surface area contributed by atoms with Crippen molar-refractivity contribution >= 4 is 5.97 Å². The fraction of sp³-hybridized carbons (Fsp3) is 0.500. The van der Waals surface area contributed by atoms with Gasteiger partial charge in [0.15, 0.2) is 23.1 Å². The molecule has 0 radical (unpaired) electrons. The molecule has 0 amide bonds. The summed E-state index contributed by atoms with van der Waals surface area (Å²) >= 11 is 0. The molecule has 0 aliphatic heterocycles. The molecule has 2 aliphatic rings. The van der Waals surface area contributed by atoms with Gasteiger partial charge in [-0.15, -0.1) is 0 Å². The van der Waals surface area contributed by atoms with Crippen molar-refractivity contribution in [2.75, 3.05) is 13.2 Å². The lowest BCUT2D eigenvalue weighted by atomic mass is 9.77. The predicted octanol–water partition coefficient (Wildman–Crippen LogP) is 7.75. The van der Waals surface area contributed by atoms with Gasteiger partial charge in [-0.3, -0.25) is 4.79 Å². The molecule has 4 nitrogen and oxygen atoms in total. The van der Waals surface area contributed by atoms with Gasteiger partial charge in [-0.05, 0) is 93.4 Å². The third-order valence-corrected chi connectivity index (χ3v) is 7.74. The fourth-order valence-corrected chi connectivity index (χ4v) is 5.67. The largest absolute Gasteiger partial charge is 0.486 e. The van der Waals surface area contributed by atoms with Crippen LogP contribution in [0.4, 0.5) is 17.6 Å². The Kier molecular flexibility index (Phi) is 9.47. The van der Waals surface area contributed by atoms with Crippen molar-refractivity contribution < 1.29 is 36.6 Å². The van der Waals surface area contributed by atoms with Gasteiger partial charge in [0, 0.05) is 6.61 Å². The van der Waals surface area contributed by atoms with Crippen LogP contribution in [-0.4, -0.2) is 25.3 Å². The van der Waals surface area contributed by atoms with E-state index in [-0.39, 0.29) is 30.3 Å². The number of halogens is 4. The van der Waals surface area contributed by atoms with E-state index in [1.165, 1.54) is 12.1 Å². The second-order valence-electron chi connectivity index (χ2n) is 10.1. The number of esters is 1. The van der Waals surface area contributed by atoms with Crippen LogP contribution in [0.5, 0.6) is 11.5 Å². The standard InChI is InChI=1S/C30H34F4O4/c1-3-17-37-24-15-16-25(29(34)28(24)33)38-30(35)20-7-5-18(6-8-20)22-13-14-23(27(32)26(22)31)19-9-11-21(12-10-19)36-4-2/h3,13-16,18-21H,1,4-12,17H2,2H3. The average Bonchev–Trinajstić information content (AvgIpc) is 2.93. The van der Waals surface area contributed by atoms with E-state index >= 15 is 8.78 Å². The Hall–Kier alpha value is -2.87. The molecule has 0 aromatic heterocycles. The zero-order chi connectivity index (χ0) is 27.2. The zero-order valence-corrected chi connectivity index (χ0v) is 21.6. The van der Waals surface area contributed by atoms with Gasteiger partial charge in [-0.2, -0.15) is 8.78 Å². The van der Waals surface area contributed by atoms with Crippen LogP contribution < -0.4 is 9.47 Å². The van der Waals surface area contributed by atoms with Crippen LogP contribution in [-0.2, 0) is 9.53 Å². The number of carbonyl (C=O) groups excluding carboxylic acids is 1. The molecule has 2 fully saturated rings. The summed E-state index contributed by atoms with van der Waals surface area (Å²) in [6.45, 7) is 6.06. The smallest absolute Gasteiger partial charge is 0.314 e. The third kappa shape index (κ3) is 6.22. The highest BCUT2D eigenvalue weighted by atomic mass is 19.2. The molecule has 0 atom stereocenters. The Morgan fingerprint density at radius 1 is 0.816 bits per heavy atom. The maximum atomic E-state index is 15.2. The molecule has 0 N–H and O–H groups in total. The summed E-state index contributed by atoms with van der Waals surface area (Å²) in [5.41, 5.74) is 0.748. The second-order valence-corrected chi connectivity index (χ2v) is 10.1. The Labute approximate surface area is 221 Å². The van der Waals surface area contributed by atoms with Gasteiger partial charge in [-0.25, -0.2) is 8.78 Å².